The second-order valence-electron chi connectivity index (χ2n) is 28.7. The monoisotopic (exact) mass is 1300 g/mol. The summed E-state index contributed by atoms with van der Waals surface area (Å²) in [6.45, 7) is 3.51. The van der Waals surface area contributed by atoms with Gasteiger partial charge >= 0.3 is 0 Å². The molecule has 8 bridgehead atoms. The molecular formula is C73H84N4O18. The van der Waals surface area contributed by atoms with E-state index >= 15 is 0 Å². The number of likely N-dealkylation sites (tertiary alicyclic amines) is 4. The standard InChI is InChI=1S/C19H21NO3.C18H21NO5.2C18H19NO4.2H2O/c1-20-9-8-19-12-5-7-15(22-3)18(19)23-17-14(21-2)6-4-11(16(17)19)10-13(12)20;1-19-6-5-17-14-9-3-4-11(23-2)15(14)24-16(17)10(20)8-13(21)18(17,22)12(19)7-9;2*1-19-8-7-17-14-10-3-4-12(22-2)15(14)23-16(17)11(20)5-6-18(17,21)13(19)9-10;;/h4-7,13,18H,8-10H2,1-3H3;3-4,12-13,16,21-22H,5-8H2,1-2H3;2*3-6,13,16,21H,7-9H2,1-2H3;2*1H2/t13?,18-,19-;12?,13-,16+,17+,18+;2*13?,16-,17-,18+;;/m0100../s1. The fourth-order valence-corrected chi connectivity index (χ4v) is 21.4. The summed E-state index contributed by atoms with van der Waals surface area (Å²) in [6.07, 6.45) is 13.7. The number of methoxy groups -OCH3 is 5. The number of ether oxygens (including phenoxy) is 9. The summed E-state index contributed by atoms with van der Waals surface area (Å²) < 4.78 is 52.4. The summed E-state index contributed by atoms with van der Waals surface area (Å²) in [5.41, 5.74) is 4.62. The summed E-state index contributed by atoms with van der Waals surface area (Å²) in [6, 6.07) is 16.2. The summed E-state index contributed by atoms with van der Waals surface area (Å²) in [5, 5.41) is 45.9. The lowest BCUT2D eigenvalue weighted by atomic mass is 9.48. The molecule has 4 unspecified atom stereocenters. The van der Waals surface area contributed by atoms with E-state index in [1.54, 1.807) is 47.7 Å². The van der Waals surface area contributed by atoms with Crippen LogP contribution in [-0.2, 0) is 71.9 Å². The number of benzene rings is 4. The van der Waals surface area contributed by atoms with E-state index in [-0.39, 0.29) is 64.4 Å². The van der Waals surface area contributed by atoms with Crippen LogP contribution in [0, 0.1) is 0 Å². The number of Topliss-reactive ketones (excluding diaryl/α,β-unsaturated/α-hetero) is 1. The van der Waals surface area contributed by atoms with Gasteiger partial charge in [0.15, 0.2) is 87.8 Å². The third-order valence-electron chi connectivity index (χ3n) is 25.6. The first-order valence-electron chi connectivity index (χ1n) is 32.8. The molecule has 5 fully saturated rings. The minimum Gasteiger partial charge on any atom is -0.870 e. The summed E-state index contributed by atoms with van der Waals surface area (Å²) in [4.78, 5) is 46.8. The highest BCUT2D eigenvalue weighted by Crippen LogP contribution is 2.68. The zero-order valence-corrected chi connectivity index (χ0v) is 55.0. The fraction of sp³-hybridized carbons (Fsp3) is 0.521. The number of carbonyl (C=O) groups is 3. The Morgan fingerprint density at radius 3 is 1.34 bits per heavy atom. The molecule has 22 nitrogen and oxygen atoms in total. The molecule has 8 N–H and O–H groups in total. The lowest BCUT2D eigenvalue weighted by molar-refractivity contribution is -0.226. The maximum atomic E-state index is 12.7. The van der Waals surface area contributed by atoms with Crippen molar-refractivity contribution in [2.75, 3.05) is 89.9 Å². The number of carbonyl (C=O) groups excluding carboxylic acids is 3. The second-order valence-corrected chi connectivity index (χ2v) is 28.7. The Bertz CT molecular complexity index is 3980. The largest absolute Gasteiger partial charge is 0.870 e. The van der Waals surface area contributed by atoms with Crippen LogP contribution in [0.1, 0.15) is 76.6 Å². The molecule has 0 amide bonds. The molecule has 504 valence electrons. The van der Waals surface area contributed by atoms with Crippen LogP contribution in [0.2, 0.25) is 0 Å². The van der Waals surface area contributed by atoms with Crippen LogP contribution < -0.4 is 37.9 Å². The predicted molar refractivity (Wildman–Crippen MR) is 344 cm³/mol. The number of likely N-dealkylation sites (N-methyl/N-ethyl adjacent to an activating group) is 4. The molecule has 95 heavy (non-hydrogen) atoms. The van der Waals surface area contributed by atoms with E-state index in [1.165, 1.54) is 28.9 Å². The van der Waals surface area contributed by atoms with E-state index in [9.17, 15) is 34.8 Å². The van der Waals surface area contributed by atoms with Crippen molar-refractivity contribution in [2.45, 2.75) is 151 Å². The molecule has 0 aromatic heterocycles. The van der Waals surface area contributed by atoms with Crippen LogP contribution in [0.25, 0.3) is 0 Å². The molecule has 0 radical (unpaired) electrons. The smallest absolute Gasteiger partial charge is 0.196 e. The minimum absolute atomic E-state index is 0. The van der Waals surface area contributed by atoms with Gasteiger partial charge in [-0.15, -0.1) is 0 Å². The van der Waals surface area contributed by atoms with Gasteiger partial charge in [0.05, 0.1) is 63.3 Å². The molecule has 8 heterocycles. The number of nitrogens with zero attached hydrogens (tertiary/aromatic N) is 4. The zero-order valence-electron chi connectivity index (χ0n) is 55.0. The molecule has 4 aromatic carbocycles. The van der Waals surface area contributed by atoms with E-state index < -0.39 is 57.5 Å². The molecule has 16 aliphatic rings. The Hall–Kier alpha value is -7.35. The van der Waals surface area contributed by atoms with Gasteiger partial charge in [-0.2, -0.15) is 0 Å². The van der Waals surface area contributed by atoms with Gasteiger partial charge in [0.25, 0.3) is 0 Å². The second kappa shape index (κ2) is 21.3. The number of aliphatic hydroxyl groups is 4. The quantitative estimate of drug-likeness (QED) is 0.209. The van der Waals surface area contributed by atoms with Crippen molar-refractivity contribution in [3.8, 4) is 46.0 Å². The molecule has 4 spiro atoms. The van der Waals surface area contributed by atoms with Crippen molar-refractivity contribution in [1.82, 2.24) is 19.6 Å². The third kappa shape index (κ3) is 7.45. The molecule has 16 atom stereocenters. The van der Waals surface area contributed by atoms with Crippen molar-refractivity contribution >= 4 is 17.3 Å². The Kier molecular flexibility index (Phi) is 14.3. The molecule has 4 saturated heterocycles. The van der Waals surface area contributed by atoms with Crippen LogP contribution in [0.5, 0.6) is 46.0 Å². The van der Waals surface area contributed by atoms with Gasteiger partial charge in [0.2, 0.25) is 0 Å². The maximum Gasteiger partial charge on any atom is 0.196 e. The van der Waals surface area contributed by atoms with Gasteiger partial charge < -0.3 is 78.9 Å². The zero-order chi connectivity index (χ0) is 64.6. The number of ketones is 3. The van der Waals surface area contributed by atoms with Gasteiger partial charge in [0.1, 0.15) is 22.6 Å². The average Bonchev–Trinajstić information content (AvgIpc) is 1.62. The first kappa shape index (κ1) is 63.7. The number of hydrogen-bond acceptors (Lipinski definition) is 21. The number of hydrogen-bond donors (Lipinski definition) is 4. The first-order valence-corrected chi connectivity index (χ1v) is 32.8. The van der Waals surface area contributed by atoms with Gasteiger partial charge in [-0.25, -0.2) is 0 Å². The van der Waals surface area contributed by atoms with E-state index in [4.69, 9.17) is 42.6 Å². The van der Waals surface area contributed by atoms with E-state index in [0.717, 1.165) is 103 Å². The molecule has 4 aromatic rings. The summed E-state index contributed by atoms with van der Waals surface area (Å²) in [5.74, 6) is 6.14. The predicted octanol–water partition coefficient (Wildman–Crippen LogP) is 2.99. The van der Waals surface area contributed by atoms with E-state index in [0.29, 0.717) is 66.2 Å². The van der Waals surface area contributed by atoms with Crippen molar-refractivity contribution in [1.29, 1.82) is 0 Å². The van der Waals surface area contributed by atoms with Crippen molar-refractivity contribution in [3.63, 3.8) is 0 Å². The van der Waals surface area contributed by atoms with Crippen molar-refractivity contribution < 1.29 is 88.4 Å². The molecule has 20 rings (SSSR count). The molecule has 1 saturated carbocycles. The van der Waals surface area contributed by atoms with Gasteiger partial charge in [0, 0.05) is 52.8 Å². The minimum atomic E-state index is -1.39. The number of rotatable bonds is 5. The van der Waals surface area contributed by atoms with E-state index in [2.05, 4.69) is 57.0 Å². The van der Waals surface area contributed by atoms with Crippen molar-refractivity contribution in [3.05, 3.63) is 141 Å². The van der Waals surface area contributed by atoms with Crippen LogP contribution in [0.3, 0.4) is 0 Å². The first-order chi connectivity index (χ1) is 44.7. The van der Waals surface area contributed by atoms with Crippen LogP contribution in [-0.4, -0.2) is 224 Å². The van der Waals surface area contributed by atoms with Crippen LogP contribution in [0.15, 0.2) is 96.3 Å². The fourth-order valence-electron chi connectivity index (χ4n) is 21.4. The highest BCUT2D eigenvalue weighted by Gasteiger charge is 2.77. The number of piperidine rings is 4. The highest BCUT2D eigenvalue weighted by molar-refractivity contribution is 6.00. The van der Waals surface area contributed by atoms with Gasteiger partial charge in [-0.3, -0.25) is 29.1 Å². The highest BCUT2D eigenvalue weighted by atomic mass is 16.6. The lowest BCUT2D eigenvalue weighted by Crippen LogP contribution is -2.80. The van der Waals surface area contributed by atoms with E-state index in [1.807, 2.05) is 51.5 Å². The SMILES string of the molecule is COC1=CC=C2C3Cc4ccc(OC)c5c4[C@@]2(CCN3C)[C@H]1O5.COc1ccc2c3c1O[C@H]1C(=O)C=C[C@@]4(O)C(C2)N(C)CC[C@]314.COc1ccc2c3c1O[C@H]1C(=O)C=C[C@@]4(O)C(C2)N(C)CC[C@]314.COc1ccc2c3c1O[C@H]1C(=O)C[C@@H](O)[C@@]4(O)C(C2)N(C)CC[C@]314.[OH-].[OH3+]. The maximum absolute atomic E-state index is 12.7. The van der Waals surface area contributed by atoms with Gasteiger partial charge in [-0.05, 0) is 188 Å². The Labute approximate surface area is 550 Å². The average molecular weight is 1310 g/mol. The molecule has 8 aliphatic carbocycles. The molecule has 8 aliphatic heterocycles. The normalized spacial score (nSPS) is 38.1. The molecular weight excluding hydrogens is 1220 g/mol. The number of aliphatic hydroxyl groups excluding tert-OH is 1. The third-order valence-corrected chi connectivity index (χ3v) is 25.6. The lowest BCUT2D eigenvalue weighted by Gasteiger charge is -2.63. The van der Waals surface area contributed by atoms with Crippen molar-refractivity contribution in [2.24, 2.45) is 0 Å². The Morgan fingerprint density at radius 1 is 0.463 bits per heavy atom. The Balaban J connectivity index is 0.000000104. The number of allylic oxidation sites excluding steroid dienone is 2. The summed E-state index contributed by atoms with van der Waals surface area (Å²) in [7, 11) is 16.5. The summed E-state index contributed by atoms with van der Waals surface area (Å²) >= 11 is 0. The topological polar surface area (TPSA) is 291 Å². The Morgan fingerprint density at radius 2 is 0.863 bits per heavy atom. The van der Waals surface area contributed by atoms with Crippen LogP contribution >= 0.6 is 0 Å². The van der Waals surface area contributed by atoms with Crippen LogP contribution in [0.4, 0.5) is 0 Å². The van der Waals surface area contributed by atoms with Gasteiger partial charge in [-0.1, -0.05) is 30.3 Å². The molecule has 22 heteroatoms.